The lowest BCUT2D eigenvalue weighted by molar-refractivity contribution is -0.385. The van der Waals surface area contributed by atoms with Gasteiger partial charge in [0.2, 0.25) is 0 Å². The number of non-ortho nitro benzene ring substituents is 1. The summed E-state index contributed by atoms with van der Waals surface area (Å²) in [6.07, 6.45) is 0.983. The molecule has 0 unspecified atom stereocenters. The molecule has 12 nitrogen and oxygen atoms in total. The molecule has 0 fully saturated rings. The average Bonchev–Trinajstić information content (AvgIpc) is 2.67. The van der Waals surface area contributed by atoms with E-state index in [1.165, 1.54) is 19.2 Å². The van der Waals surface area contributed by atoms with E-state index in [-0.39, 0.29) is 28.4 Å². The highest BCUT2D eigenvalue weighted by atomic mass is 16.6. The number of nitro groups is 2. The molecular formula is C17H16N4O8. The van der Waals surface area contributed by atoms with Gasteiger partial charge in [0.15, 0.2) is 23.9 Å². The number of nitro benzene ring substituents is 2. The first-order chi connectivity index (χ1) is 13.7. The number of nitrogens with one attached hydrogen (secondary N) is 1. The van der Waals surface area contributed by atoms with Crippen molar-refractivity contribution in [1.29, 1.82) is 0 Å². The van der Waals surface area contributed by atoms with Gasteiger partial charge in [-0.1, -0.05) is 6.07 Å². The standard InChI is InChI=1S/C17H16N4O8/c1-10-3-4-14(13(5-10)21(26)27)29-9-16(22)19-18-8-11-6-12(20(24)25)7-15(28-2)17(11)23/h3-8,23H,9H2,1-2H3,(H,19,22). The Balaban J connectivity index is 2.05. The maximum atomic E-state index is 11.8. The first kappa shape index (κ1) is 21.1. The summed E-state index contributed by atoms with van der Waals surface area (Å²) in [7, 11) is 1.23. The molecule has 0 heterocycles. The van der Waals surface area contributed by atoms with Gasteiger partial charge in [0.25, 0.3) is 11.6 Å². The van der Waals surface area contributed by atoms with Crippen LogP contribution in [0.5, 0.6) is 17.2 Å². The number of methoxy groups -OCH3 is 1. The Bertz CT molecular complexity index is 990. The zero-order valence-electron chi connectivity index (χ0n) is 15.3. The van der Waals surface area contributed by atoms with Gasteiger partial charge in [-0.2, -0.15) is 5.10 Å². The lowest BCUT2D eigenvalue weighted by atomic mass is 10.2. The maximum absolute atomic E-state index is 11.8. The van der Waals surface area contributed by atoms with E-state index in [2.05, 4.69) is 10.5 Å². The minimum atomic E-state index is -0.743. The number of amides is 1. The van der Waals surface area contributed by atoms with Gasteiger partial charge >= 0.3 is 5.69 Å². The van der Waals surface area contributed by atoms with Gasteiger partial charge in [0, 0.05) is 17.7 Å². The first-order valence-electron chi connectivity index (χ1n) is 7.98. The van der Waals surface area contributed by atoms with E-state index in [0.29, 0.717) is 5.56 Å². The van der Waals surface area contributed by atoms with Crippen molar-refractivity contribution in [3.8, 4) is 17.2 Å². The number of hydrazone groups is 1. The number of hydrogen-bond donors (Lipinski definition) is 2. The van der Waals surface area contributed by atoms with E-state index in [4.69, 9.17) is 9.47 Å². The molecule has 0 aliphatic heterocycles. The number of carbonyl (C=O) groups is 1. The van der Waals surface area contributed by atoms with Crippen molar-refractivity contribution in [3.63, 3.8) is 0 Å². The van der Waals surface area contributed by atoms with E-state index in [1.807, 2.05) is 0 Å². The molecule has 0 bridgehead atoms. The van der Waals surface area contributed by atoms with Crippen molar-refractivity contribution >= 4 is 23.5 Å². The van der Waals surface area contributed by atoms with Crippen LogP contribution in [0.15, 0.2) is 35.4 Å². The lowest BCUT2D eigenvalue weighted by Gasteiger charge is -2.07. The normalized spacial score (nSPS) is 10.6. The molecule has 0 aromatic heterocycles. The third-order valence-electron chi connectivity index (χ3n) is 3.58. The van der Waals surface area contributed by atoms with E-state index in [9.17, 15) is 30.1 Å². The highest BCUT2D eigenvalue weighted by Gasteiger charge is 2.17. The van der Waals surface area contributed by atoms with Crippen LogP contribution in [0.25, 0.3) is 0 Å². The molecular weight excluding hydrogens is 388 g/mol. The summed E-state index contributed by atoms with van der Waals surface area (Å²) in [6, 6.07) is 6.35. The van der Waals surface area contributed by atoms with E-state index in [1.54, 1.807) is 13.0 Å². The quantitative estimate of drug-likeness (QED) is 0.383. The molecule has 0 radical (unpaired) electrons. The van der Waals surface area contributed by atoms with Crippen LogP contribution < -0.4 is 14.9 Å². The fourth-order valence-corrected chi connectivity index (χ4v) is 2.22. The monoisotopic (exact) mass is 404 g/mol. The summed E-state index contributed by atoms with van der Waals surface area (Å²) in [5, 5.41) is 35.5. The van der Waals surface area contributed by atoms with Crippen LogP contribution in [-0.2, 0) is 4.79 Å². The molecule has 1 amide bonds. The number of ether oxygens (including phenoxy) is 2. The van der Waals surface area contributed by atoms with Crippen molar-refractivity contribution in [2.75, 3.05) is 13.7 Å². The fraction of sp³-hybridized carbons (Fsp3) is 0.176. The number of benzene rings is 2. The van der Waals surface area contributed by atoms with Crippen LogP contribution in [0, 0.1) is 27.2 Å². The zero-order chi connectivity index (χ0) is 21.6. The Kier molecular flexibility index (Phi) is 6.63. The number of nitrogens with zero attached hydrogens (tertiary/aromatic N) is 3. The van der Waals surface area contributed by atoms with Crippen molar-refractivity contribution in [2.24, 2.45) is 5.10 Å². The third-order valence-corrected chi connectivity index (χ3v) is 3.58. The minimum absolute atomic E-state index is 0.0635. The lowest BCUT2D eigenvalue weighted by Crippen LogP contribution is -2.24. The molecule has 2 aromatic carbocycles. The Morgan fingerprint density at radius 3 is 2.55 bits per heavy atom. The second kappa shape index (κ2) is 9.12. The highest BCUT2D eigenvalue weighted by Crippen LogP contribution is 2.33. The summed E-state index contributed by atoms with van der Waals surface area (Å²) in [4.78, 5) is 32.5. The maximum Gasteiger partial charge on any atom is 0.311 e. The second-order valence-corrected chi connectivity index (χ2v) is 5.65. The number of aryl methyl sites for hydroxylation is 1. The van der Waals surface area contributed by atoms with Gasteiger partial charge in [0.1, 0.15) is 0 Å². The van der Waals surface area contributed by atoms with Gasteiger partial charge in [0.05, 0.1) is 29.2 Å². The zero-order valence-corrected chi connectivity index (χ0v) is 15.3. The SMILES string of the molecule is COc1cc([N+](=O)[O-])cc(C=NNC(=O)COc2ccc(C)cc2[N+](=O)[O-])c1O. The molecule has 0 atom stereocenters. The van der Waals surface area contributed by atoms with Crippen LogP contribution in [0.4, 0.5) is 11.4 Å². The number of phenolic OH excluding ortho intramolecular Hbond substituents is 1. The molecule has 29 heavy (non-hydrogen) atoms. The van der Waals surface area contributed by atoms with Gasteiger partial charge in [-0.25, -0.2) is 5.43 Å². The Labute approximate surface area is 163 Å². The Morgan fingerprint density at radius 1 is 1.21 bits per heavy atom. The predicted molar refractivity (Wildman–Crippen MR) is 100 cm³/mol. The number of aromatic hydroxyl groups is 1. The molecule has 0 saturated carbocycles. The van der Waals surface area contributed by atoms with Crippen LogP contribution in [-0.4, -0.2) is 40.8 Å². The van der Waals surface area contributed by atoms with Gasteiger partial charge in [-0.05, 0) is 18.6 Å². The van der Waals surface area contributed by atoms with Crippen molar-refractivity contribution in [2.45, 2.75) is 6.92 Å². The minimum Gasteiger partial charge on any atom is -0.504 e. The van der Waals surface area contributed by atoms with Crippen molar-refractivity contribution < 1.29 is 29.2 Å². The molecule has 0 aliphatic carbocycles. The van der Waals surface area contributed by atoms with Crippen LogP contribution >= 0.6 is 0 Å². The first-order valence-corrected chi connectivity index (χ1v) is 7.98. The van der Waals surface area contributed by atoms with Gasteiger partial charge in [-0.3, -0.25) is 25.0 Å². The Morgan fingerprint density at radius 2 is 1.93 bits per heavy atom. The molecule has 2 rings (SSSR count). The van der Waals surface area contributed by atoms with Crippen LogP contribution in [0.3, 0.4) is 0 Å². The van der Waals surface area contributed by atoms with E-state index in [0.717, 1.165) is 18.3 Å². The molecule has 0 saturated heterocycles. The largest absolute Gasteiger partial charge is 0.504 e. The summed E-state index contributed by atoms with van der Waals surface area (Å²) in [5.74, 6) is -1.36. The summed E-state index contributed by atoms with van der Waals surface area (Å²) >= 11 is 0. The highest BCUT2D eigenvalue weighted by molar-refractivity contribution is 5.87. The van der Waals surface area contributed by atoms with Crippen LogP contribution in [0.1, 0.15) is 11.1 Å². The molecule has 152 valence electrons. The third kappa shape index (κ3) is 5.38. The summed E-state index contributed by atoms with van der Waals surface area (Å²) in [6.45, 7) is 1.11. The molecule has 0 aliphatic rings. The molecule has 12 heteroatoms. The second-order valence-electron chi connectivity index (χ2n) is 5.65. The number of phenols is 1. The topological polar surface area (TPSA) is 166 Å². The van der Waals surface area contributed by atoms with E-state index < -0.39 is 28.1 Å². The fourth-order valence-electron chi connectivity index (χ4n) is 2.22. The van der Waals surface area contributed by atoms with Crippen LogP contribution in [0.2, 0.25) is 0 Å². The summed E-state index contributed by atoms with van der Waals surface area (Å²) in [5.41, 5.74) is 2.06. The molecule has 2 N–H and O–H groups in total. The number of carbonyl (C=O) groups excluding carboxylic acids is 1. The number of hydrogen-bond acceptors (Lipinski definition) is 9. The van der Waals surface area contributed by atoms with Gasteiger partial charge in [-0.15, -0.1) is 0 Å². The molecule has 2 aromatic rings. The predicted octanol–water partition coefficient (Wildman–Crippen LogP) is 2.05. The van der Waals surface area contributed by atoms with E-state index >= 15 is 0 Å². The number of rotatable bonds is 8. The van der Waals surface area contributed by atoms with Gasteiger partial charge < -0.3 is 14.6 Å². The van der Waals surface area contributed by atoms with Crippen molar-refractivity contribution in [3.05, 3.63) is 61.7 Å². The smallest absolute Gasteiger partial charge is 0.311 e. The Hall–Kier alpha value is -4.22. The summed E-state index contributed by atoms with van der Waals surface area (Å²) < 4.78 is 9.99. The average molecular weight is 404 g/mol. The van der Waals surface area contributed by atoms with Crippen molar-refractivity contribution in [1.82, 2.24) is 5.43 Å². The molecule has 0 spiro atoms.